The molecule has 116 valence electrons. The SMILES string of the molecule is COC(=O)CCN(C)S(=O)(=O)NCCC1=CCCCC1. The summed E-state index contributed by atoms with van der Waals surface area (Å²) in [6, 6.07) is 0. The van der Waals surface area contributed by atoms with Gasteiger partial charge in [-0.15, -0.1) is 0 Å². The van der Waals surface area contributed by atoms with Crippen LogP contribution in [0.2, 0.25) is 0 Å². The predicted octanol–water partition coefficient (Wildman–Crippen LogP) is 1.21. The molecule has 0 aromatic rings. The topological polar surface area (TPSA) is 75.7 Å². The van der Waals surface area contributed by atoms with Gasteiger partial charge < -0.3 is 4.74 Å². The first-order valence-electron chi connectivity index (χ1n) is 6.91. The van der Waals surface area contributed by atoms with Gasteiger partial charge in [-0.2, -0.15) is 12.7 Å². The van der Waals surface area contributed by atoms with Crippen LogP contribution in [0, 0.1) is 0 Å². The summed E-state index contributed by atoms with van der Waals surface area (Å²) in [7, 11) is -0.782. The van der Waals surface area contributed by atoms with E-state index in [4.69, 9.17) is 0 Å². The molecule has 0 unspecified atom stereocenters. The first-order chi connectivity index (χ1) is 9.45. The maximum Gasteiger partial charge on any atom is 0.306 e. The number of carbonyl (C=O) groups is 1. The molecule has 0 spiro atoms. The molecule has 0 aromatic carbocycles. The lowest BCUT2D eigenvalue weighted by Crippen LogP contribution is -2.39. The Morgan fingerprint density at radius 2 is 2.20 bits per heavy atom. The second-order valence-electron chi connectivity index (χ2n) is 4.91. The number of methoxy groups -OCH3 is 1. The van der Waals surface area contributed by atoms with Crippen LogP contribution in [0.25, 0.3) is 0 Å². The number of hydrogen-bond donors (Lipinski definition) is 1. The third-order valence-electron chi connectivity index (χ3n) is 3.38. The third kappa shape index (κ3) is 6.02. The largest absolute Gasteiger partial charge is 0.469 e. The van der Waals surface area contributed by atoms with Crippen LogP contribution < -0.4 is 4.72 Å². The molecule has 0 saturated heterocycles. The van der Waals surface area contributed by atoms with Crippen molar-refractivity contribution >= 4 is 16.2 Å². The highest BCUT2D eigenvalue weighted by atomic mass is 32.2. The number of allylic oxidation sites excluding steroid dienone is 1. The number of nitrogens with one attached hydrogen (secondary N) is 1. The van der Waals surface area contributed by atoms with Gasteiger partial charge in [0.15, 0.2) is 0 Å². The summed E-state index contributed by atoms with van der Waals surface area (Å²) < 4.78 is 32.0. The fraction of sp³-hybridized carbons (Fsp3) is 0.769. The Kier molecular flexibility index (Phi) is 7.18. The van der Waals surface area contributed by atoms with Gasteiger partial charge >= 0.3 is 5.97 Å². The summed E-state index contributed by atoms with van der Waals surface area (Å²) in [5.41, 5.74) is 1.33. The highest BCUT2D eigenvalue weighted by molar-refractivity contribution is 7.87. The van der Waals surface area contributed by atoms with Gasteiger partial charge in [-0.3, -0.25) is 4.79 Å². The molecule has 20 heavy (non-hydrogen) atoms. The molecule has 0 heterocycles. The van der Waals surface area contributed by atoms with Crippen molar-refractivity contribution in [3.63, 3.8) is 0 Å². The van der Waals surface area contributed by atoms with Gasteiger partial charge in [-0.25, -0.2) is 4.72 Å². The van der Waals surface area contributed by atoms with Crippen molar-refractivity contribution in [2.45, 2.75) is 38.5 Å². The van der Waals surface area contributed by atoms with Gasteiger partial charge in [-0.05, 0) is 32.1 Å². The van der Waals surface area contributed by atoms with Crippen LogP contribution in [0.1, 0.15) is 38.5 Å². The van der Waals surface area contributed by atoms with E-state index < -0.39 is 16.2 Å². The van der Waals surface area contributed by atoms with E-state index >= 15 is 0 Å². The lowest BCUT2D eigenvalue weighted by molar-refractivity contribution is -0.140. The van der Waals surface area contributed by atoms with Gasteiger partial charge in [0.05, 0.1) is 13.5 Å². The molecule has 0 aromatic heterocycles. The summed E-state index contributed by atoms with van der Waals surface area (Å²) in [6.45, 7) is 0.515. The van der Waals surface area contributed by atoms with E-state index in [-0.39, 0.29) is 13.0 Å². The highest BCUT2D eigenvalue weighted by Crippen LogP contribution is 2.19. The van der Waals surface area contributed by atoms with E-state index in [1.54, 1.807) is 0 Å². The highest BCUT2D eigenvalue weighted by Gasteiger charge is 2.18. The molecule has 0 amide bonds. The molecular formula is C13H24N2O4S. The Hall–Kier alpha value is -0.920. The van der Waals surface area contributed by atoms with Gasteiger partial charge in [0, 0.05) is 20.1 Å². The number of nitrogens with zero attached hydrogens (tertiary/aromatic N) is 1. The van der Waals surface area contributed by atoms with Crippen LogP contribution in [0.3, 0.4) is 0 Å². The molecule has 0 radical (unpaired) electrons. The van der Waals surface area contributed by atoms with Crippen LogP contribution in [0.4, 0.5) is 0 Å². The molecule has 0 bridgehead atoms. The lowest BCUT2D eigenvalue weighted by Gasteiger charge is -2.18. The average Bonchev–Trinajstić information content (AvgIpc) is 2.45. The van der Waals surface area contributed by atoms with Crippen molar-refractivity contribution in [1.82, 2.24) is 9.03 Å². The Balaban J connectivity index is 2.32. The standard InChI is InChI=1S/C13H24N2O4S/c1-15(11-9-13(16)19-2)20(17,18)14-10-8-12-6-4-3-5-7-12/h6,14H,3-5,7-11H2,1-2H3. The van der Waals surface area contributed by atoms with Crippen molar-refractivity contribution in [3.05, 3.63) is 11.6 Å². The molecular weight excluding hydrogens is 280 g/mol. The first-order valence-corrected chi connectivity index (χ1v) is 8.35. The zero-order valence-electron chi connectivity index (χ0n) is 12.2. The number of carbonyl (C=O) groups excluding carboxylic acids is 1. The van der Waals surface area contributed by atoms with Crippen molar-refractivity contribution in [1.29, 1.82) is 0 Å². The van der Waals surface area contributed by atoms with E-state index in [0.29, 0.717) is 6.54 Å². The summed E-state index contributed by atoms with van der Waals surface area (Å²) in [4.78, 5) is 11.0. The normalized spacial score (nSPS) is 16.1. The van der Waals surface area contributed by atoms with Crippen LogP contribution >= 0.6 is 0 Å². The summed E-state index contributed by atoms with van der Waals surface area (Å²) in [5, 5.41) is 0. The van der Waals surface area contributed by atoms with E-state index in [1.807, 2.05) is 0 Å². The van der Waals surface area contributed by atoms with Crippen molar-refractivity contribution < 1.29 is 17.9 Å². The quantitative estimate of drug-likeness (QED) is 0.540. The van der Waals surface area contributed by atoms with Crippen LogP contribution in [0.15, 0.2) is 11.6 Å². The second kappa shape index (κ2) is 8.39. The predicted molar refractivity (Wildman–Crippen MR) is 77.4 cm³/mol. The summed E-state index contributed by atoms with van der Waals surface area (Å²) in [5.74, 6) is -0.417. The zero-order valence-corrected chi connectivity index (χ0v) is 13.0. The second-order valence-corrected chi connectivity index (χ2v) is 6.77. The molecule has 0 saturated carbocycles. The first kappa shape index (κ1) is 17.1. The van der Waals surface area contributed by atoms with E-state index in [0.717, 1.165) is 23.6 Å². The number of rotatable bonds is 8. The van der Waals surface area contributed by atoms with E-state index in [9.17, 15) is 13.2 Å². The number of hydrogen-bond acceptors (Lipinski definition) is 4. The Labute approximate surface area is 121 Å². The van der Waals surface area contributed by atoms with Gasteiger partial charge in [0.2, 0.25) is 0 Å². The minimum Gasteiger partial charge on any atom is -0.469 e. The van der Waals surface area contributed by atoms with Crippen molar-refractivity contribution in [2.24, 2.45) is 0 Å². The molecule has 1 aliphatic rings. The van der Waals surface area contributed by atoms with E-state index in [1.165, 1.54) is 32.6 Å². The molecule has 1 aliphatic carbocycles. The van der Waals surface area contributed by atoms with Gasteiger partial charge in [-0.1, -0.05) is 11.6 Å². The number of ether oxygens (including phenoxy) is 1. The van der Waals surface area contributed by atoms with Crippen molar-refractivity contribution in [3.8, 4) is 0 Å². The monoisotopic (exact) mass is 304 g/mol. The lowest BCUT2D eigenvalue weighted by atomic mass is 9.97. The Morgan fingerprint density at radius 1 is 1.45 bits per heavy atom. The molecule has 0 atom stereocenters. The van der Waals surface area contributed by atoms with Crippen LogP contribution in [0.5, 0.6) is 0 Å². The van der Waals surface area contributed by atoms with Gasteiger partial charge in [0.25, 0.3) is 10.2 Å². The van der Waals surface area contributed by atoms with Crippen LogP contribution in [-0.4, -0.2) is 45.9 Å². The fourth-order valence-corrected chi connectivity index (χ4v) is 2.97. The van der Waals surface area contributed by atoms with Crippen molar-refractivity contribution in [2.75, 3.05) is 27.2 Å². The van der Waals surface area contributed by atoms with Gasteiger partial charge in [0.1, 0.15) is 0 Å². The molecule has 6 nitrogen and oxygen atoms in total. The minimum atomic E-state index is -3.52. The maximum atomic E-state index is 11.9. The fourth-order valence-electron chi connectivity index (χ4n) is 2.05. The molecule has 1 N–H and O–H groups in total. The molecule has 0 aliphatic heterocycles. The maximum absolute atomic E-state index is 11.9. The average molecular weight is 304 g/mol. The molecule has 1 rings (SSSR count). The van der Waals surface area contributed by atoms with Crippen LogP contribution in [-0.2, 0) is 19.7 Å². The smallest absolute Gasteiger partial charge is 0.306 e. The molecule has 7 heteroatoms. The third-order valence-corrected chi connectivity index (χ3v) is 4.96. The summed E-state index contributed by atoms with van der Waals surface area (Å²) in [6.07, 6.45) is 7.60. The number of esters is 1. The minimum absolute atomic E-state index is 0.0546. The summed E-state index contributed by atoms with van der Waals surface area (Å²) >= 11 is 0. The zero-order chi connectivity index (χ0) is 15.0. The molecule has 0 fully saturated rings. The Morgan fingerprint density at radius 3 is 2.80 bits per heavy atom. The Bertz CT molecular complexity index is 445. The van der Waals surface area contributed by atoms with E-state index in [2.05, 4.69) is 15.5 Å².